The van der Waals surface area contributed by atoms with Crippen LogP contribution in [-0.4, -0.2) is 21.0 Å². The van der Waals surface area contributed by atoms with E-state index < -0.39 is 5.97 Å². The van der Waals surface area contributed by atoms with E-state index >= 15 is 0 Å². The van der Waals surface area contributed by atoms with Crippen LogP contribution in [0.1, 0.15) is 45.6 Å². The quantitative estimate of drug-likeness (QED) is 0.903. The maximum Gasteiger partial charge on any atom is 0.303 e. The molecule has 5 heteroatoms. The van der Waals surface area contributed by atoms with E-state index in [-0.39, 0.29) is 5.41 Å². The van der Waals surface area contributed by atoms with Gasteiger partial charge in [-0.15, -0.1) is 0 Å². The maximum absolute atomic E-state index is 10.1. The van der Waals surface area contributed by atoms with Crippen molar-refractivity contribution in [2.45, 2.75) is 46.6 Å². The zero-order valence-corrected chi connectivity index (χ0v) is 13.5. The molecular formula is C17H25N3O2. The molecule has 120 valence electrons. The molecule has 0 aliphatic rings. The molecule has 0 atom stereocenters. The first kappa shape index (κ1) is 18.0. The molecule has 0 aliphatic carbocycles. The second-order valence-corrected chi connectivity index (χ2v) is 6.39. The van der Waals surface area contributed by atoms with Crippen molar-refractivity contribution in [2.24, 2.45) is 11.1 Å². The van der Waals surface area contributed by atoms with Gasteiger partial charge in [-0.05, 0) is 36.0 Å². The molecule has 22 heavy (non-hydrogen) atoms. The molecule has 0 spiro atoms. The molecule has 0 saturated carbocycles. The van der Waals surface area contributed by atoms with Crippen LogP contribution in [0, 0.1) is 5.41 Å². The standard InChI is InChI=1S/C9H9N3.C8H16O2/c10-6-7-1-2-8-9(5-7)12-4-3-11-8;1-8(2,3)6-4-5-7(9)10/h1-5H,6,10H2;4-6H2,1-3H3,(H,9,10). The number of carboxylic acid groups (broad SMARTS) is 1. The Labute approximate surface area is 131 Å². The fourth-order valence-corrected chi connectivity index (χ4v) is 1.91. The van der Waals surface area contributed by atoms with Gasteiger partial charge in [-0.3, -0.25) is 14.8 Å². The van der Waals surface area contributed by atoms with Crippen molar-refractivity contribution < 1.29 is 9.90 Å². The maximum atomic E-state index is 10.1. The zero-order chi connectivity index (χ0) is 16.6. The van der Waals surface area contributed by atoms with E-state index in [1.54, 1.807) is 12.4 Å². The second kappa shape index (κ2) is 8.44. The fraction of sp³-hybridized carbons (Fsp3) is 0.471. The number of carboxylic acids is 1. The molecule has 2 rings (SSSR count). The average Bonchev–Trinajstić information content (AvgIpc) is 2.45. The zero-order valence-electron chi connectivity index (χ0n) is 13.5. The molecule has 0 unspecified atom stereocenters. The topological polar surface area (TPSA) is 89.1 Å². The number of fused-ring (bicyclic) bond motifs is 1. The van der Waals surface area contributed by atoms with Crippen molar-refractivity contribution in [3.8, 4) is 0 Å². The Morgan fingerprint density at radius 3 is 2.36 bits per heavy atom. The molecule has 0 amide bonds. The number of aromatic nitrogens is 2. The van der Waals surface area contributed by atoms with Gasteiger partial charge in [0.15, 0.2) is 0 Å². The first-order chi connectivity index (χ1) is 10.3. The van der Waals surface area contributed by atoms with Gasteiger partial charge in [-0.1, -0.05) is 26.8 Å². The first-order valence-corrected chi connectivity index (χ1v) is 7.43. The van der Waals surface area contributed by atoms with Crippen molar-refractivity contribution in [3.63, 3.8) is 0 Å². The van der Waals surface area contributed by atoms with Crippen molar-refractivity contribution >= 4 is 17.0 Å². The number of rotatable bonds is 4. The smallest absolute Gasteiger partial charge is 0.303 e. The van der Waals surface area contributed by atoms with Crippen LogP contribution in [0.25, 0.3) is 11.0 Å². The highest BCUT2D eigenvalue weighted by Crippen LogP contribution is 2.21. The van der Waals surface area contributed by atoms with E-state index in [9.17, 15) is 4.79 Å². The number of hydrogen-bond donors (Lipinski definition) is 2. The third-order valence-electron chi connectivity index (χ3n) is 3.09. The van der Waals surface area contributed by atoms with Gasteiger partial charge in [0.1, 0.15) is 0 Å². The lowest BCUT2D eigenvalue weighted by molar-refractivity contribution is -0.137. The van der Waals surface area contributed by atoms with Crippen LogP contribution in [-0.2, 0) is 11.3 Å². The van der Waals surface area contributed by atoms with E-state index in [2.05, 4.69) is 30.7 Å². The van der Waals surface area contributed by atoms with Gasteiger partial charge in [-0.25, -0.2) is 0 Å². The number of nitrogens with two attached hydrogens (primary N) is 1. The summed E-state index contributed by atoms with van der Waals surface area (Å²) >= 11 is 0. The normalized spacial score (nSPS) is 10.9. The van der Waals surface area contributed by atoms with Crippen molar-refractivity contribution in [1.82, 2.24) is 9.97 Å². The summed E-state index contributed by atoms with van der Waals surface area (Å²) in [7, 11) is 0. The summed E-state index contributed by atoms with van der Waals surface area (Å²) in [6, 6.07) is 5.86. The van der Waals surface area contributed by atoms with Gasteiger partial charge in [0, 0.05) is 25.4 Å². The Bertz CT molecular complexity index is 606. The molecule has 0 bridgehead atoms. The van der Waals surface area contributed by atoms with Gasteiger partial charge in [0.25, 0.3) is 0 Å². The fourth-order valence-electron chi connectivity index (χ4n) is 1.91. The van der Waals surface area contributed by atoms with E-state index in [0.717, 1.165) is 29.4 Å². The second-order valence-electron chi connectivity index (χ2n) is 6.39. The summed E-state index contributed by atoms with van der Waals surface area (Å²) in [5.41, 5.74) is 8.67. The molecule has 0 saturated heterocycles. The Kier molecular flexibility index (Phi) is 6.92. The Balaban J connectivity index is 0.000000225. The van der Waals surface area contributed by atoms with Crippen LogP contribution in [0.5, 0.6) is 0 Å². The molecule has 1 aromatic heterocycles. The third-order valence-corrected chi connectivity index (χ3v) is 3.09. The van der Waals surface area contributed by atoms with Crippen LogP contribution in [0.15, 0.2) is 30.6 Å². The van der Waals surface area contributed by atoms with Crippen molar-refractivity contribution in [1.29, 1.82) is 0 Å². The Morgan fingerprint density at radius 2 is 1.82 bits per heavy atom. The highest BCUT2D eigenvalue weighted by molar-refractivity contribution is 5.74. The van der Waals surface area contributed by atoms with E-state index in [1.165, 1.54) is 0 Å². The lowest BCUT2D eigenvalue weighted by Gasteiger charge is -2.16. The Morgan fingerprint density at radius 1 is 1.18 bits per heavy atom. The van der Waals surface area contributed by atoms with E-state index in [1.807, 2.05) is 18.2 Å². The summed E-state index contributed by atoms with van der Waals surface area (Å²) in [6.07, 6.45) is 5.45. The highest BCUT2D eigenvalue weighted by Gasteiger charge is 2.09. The Hall–Kier alpha value is -2.01. The largest absolute Gasteiger partial charge is 0.481 e. The van der Waals surface area contributed by atoms with E-state index in [4.69, 9.17) is 10.8 Å². The highest BCUT2D eigenvalue weighted by atomic mass is 16.4. The molecule has 0 fully saturated rings. The van der Waals surface area contributed by atoms with Crippen LogP contribution < -0.4 is 5.73 Å². The van der Waals surface area contributed by atoms with Gasteiger partial charge >= 0.3 is 5.97 Å². The number of aliphatic carboxylic acids is 1. The van der Waals surface area contributed by atoms with Crippen molar-refractivity contribution in [3.05, 3.63) is 36.2 Å². The summed E-state index contributed by atoms with van der Waals surface area (Å²) in [5.74, 6) is -0.691. The minimum absolute atomic E-state index is 0.273. The van der Waals surface area contributed by atoms with Gasteiger partial charge < -0.3 is 10.8 Å². The number of nitrogens with zero attached hydrogens (tertiary/aromatic N) is 2. The summed E-state index contributed by atoms with van der Waals surface area (Å²) in [4.78, 5) is 18.4. The van der Waals surface area contributed by atoms with E-state index in [0.29, 0.717) is 13.0 Å². The minimum atomic E-state index is -0.691. The predicted molar refractivity (Wildman–Crippen MR) is 88.4 cm³/mol. The van der Waals surface area contributed by atoms with Crippen LogP contribution in [0.3, 0.4) is 0 Å². The number of benzene rings is 1. The lowest BCUT2D eigenvalue weighted by Crippen LogP contribution is -2.05. The molecule has 0 aliphatic heterocycles. The molecule has 0 radical (unpaired) electrons. The third kappa shape index (κ3) is 7.13. The number of hydrogen-bond acceptors (Lipinski definition) is 4. The monoisotopic (exact) mass is 303 g/mol. The summed E-state index contributed by atoms with van der Waals surface area (Å²) in [6.45, 7) is 6.91. The average molecular weight is 303 g/mol. The van der Waals surface area contributed by atoms with Crippen LogP contribution in [0.4, 0.5) is 0 Å². The number of carbonyl (C=O) groups is 1. The molecule has 1 aromatic carbocycles. The molecular weight excluding hydrogens is 278 g/mol. The van der Waals surface area contributed by atoms with Crippen LogP contribution in [0.2, 0.25) is 0 Å². The SMILES string of the molecule is CC(C)(C)CCCC(=O)O.NCc1ccc2nccnc2c1. The molecule has 1 heterocycles. The predicted octanol–water partition coefficient (Wildman–Crippen LogP) is 3.38. The summed E-state index contributed by atoms with van der Waals surface area (Å²) in [5, 5.41) is 8.31. The molecule has 3 N–H and O–H groups in total. The lowest BCUT2D eigenvalue weighted by atomic mass is 9.90. The van der Waals surface area contributed by atoms with Gasteiger partial charge in [0.05, 0.1) is 11.0 Å². The molecule has 2 aromatic rings. The van der Waals surface area contributed by atoms with Gasteiger partial charge in [-0.2, -0.15) is 0 Å². The van der Waals surface area contributed by atoms with Gasteiger partial charge in [0.2, 0.25) is 0 Å². The van der Waals surface area contributed by atoms with Crippen molar-refractivity contribution in [2.75, 3.05) is 0 Å². The molecule has 5 nitrogen and oxygen atoms in total. The first-order valence-electron chi connectivity index (χ1n) is 7.43. The summed E-state index contributed by atoms with van der Waals surface area (Å²) < 4.78 is 0. The minimum Gasteiger partial charge on any atom is -0.481 e. The van der Waals surface area contributed by atoms with Crippen LogP contribution >= 0.6 is 0 Å².